The van der Waals surface area contributed by atoms with Gasteiger partial charge in [-0.2, -0.15) is 4.52 Å². The predicted octanol–water partition coefficient (Wildman–Crippen LogP) is 3.91. The fourth-order valence-corrected chi connectivity index (χ4v) is 5.04. The van der Waals surface area contributed by atoms with Crippen LogP contribution in [-0.4, -0.2) is 32.2 Å². The molecule has 1 unspecified atom stereocenters. The Hall–Kier alpha value is -4.46. The molecule has 0 radical (unpaired) electrons. The Kier molecular flexibility index (Phi) is 5.48. The van der Waals surface area contributed by atoms with Gasteiger partial charge in [0.1, 0.15) is 12.3 Å². The molecule has 0 aliphatic heterocycles. The fourth-order valence-electron chi connectivity index (χ4n) is 5.04. The summed E-state index contributed by atoms with van der Waals surface area (Å²) in [5.41, 5.74) is 3.89. The number of carbonyl (C=O) groups excluding carboxylic acids is 1. The van der Waals surface area contributed by atoms with Gasteiger partial charge in [-0.25, -0.2) is 9.78 Å². The summed E-state index contributed by atoms with van der Waals surface area (Å²) in [7, 11) is 1.61. The third kappa shape index (κ3) is 3.80. The minimum absolute atomic E-state index is 0.0545. The van der Waals surface area contributed by atoms with Gasteiger partial charge >= 0.3 is 5.69 Å². The minimum atomic E-state index is -0.407. The Morgan fingerprint density at radius 3 is 2.67 bits per heavy atom. The van der Waals surface area contributed by atoms with E-state index in [1.807, 2.05) is 60.7 Å². The monoisotopic (exact) mass is 479 g/mol. The maximum atomic E-state index is 13.5. The number of amides is 1. The second-order valence-electron chi connectivity index (χ2n) is 9.00. The zero-order valence-corrected chi connectivity index (χ0v) is 19.8. The van der Waals surface area contributed by atoms with Crippen molar-refractivity contribution in [2.75, 3.05) is 7.11 Å². The van der Waals surface area contributed by atoms with E-state index in [4.69, 9.17) is 4.74 Å². The SMILES string of the molecule is COc1ccc(-c2nc3c4ccccc4n(CC(=O)NC4CCCc5ccccc54)c(=O)n3n2)cc1. The van der Waals surface area contributed by atoms with Crippen LogP contribution in [0.1, 0.15) is 30.0 Å². The number of hydrogen-bond donors (Lipinski definition) is 1. The highest BCUT2D eigenvalue weighted by Crippen LogP contribution is 2.29. The molecule has 0 spiro atoms. The first-order valence-corrected chi connectivity index (χ1v) is 12.0. The first-order chi connectivity index (χ1) is 17.6. The van der Waals surface area contributed by atoms with Crippen molar-refractivity contribution in [3.05, 3.63) is 94.4 Å². The third-order valence-corrected chi connectivity index (χ3v) is 6.81. The maximum absolute atomic E-state index is 13.5. The normalized spacial score (nSPS) is 15.1. The van der Waals surface area contributed by atoms with Crippen molar-refractivity contribution in [2.45, 2.75) is 31.8 Å². The molecule has 1 amide bonds. The minimum Gasteiger partial charge on any atom is -0.497 e. The molecule has 1 N–H and O–H groups in total. The maximum Gasteiger partial charge on any atom is 0.351 e. The molecule has 0 bridgehead atoms. The number of rotatable bonds is 5. The van der Waals surface area contributed by atoms with Crippen LogP contribution >= 0.6 is 0 Å². The number of aryl methyl sites for hydroxylation is 1. The largest absolute Gasteiger partial charge is 0.497 e. The molecular formula is C28H25N5O3. The zero-order chi connectivity index (χ0) is 24.6. The molecule has 3 aromatic carbocycles. The molecular weight excluding hydrogens is 454 g/mol. The van der Waals surface area contributed by atoms with Crippen LogP contribution in [-0.2, 0) is 17.8 Å². The summed E-state index contributed by atoms with van der Waals surface area (Å²) in [6, 6.07) is 23.0. The van der Waals surface area contributed by atoms with E-state index in [1.54, 1.807) is 7.11 Å². The number of benzene rings is 3. The Bertz CT molecular complexity index is 1650. The van der Waals surface area contributed by atoms with Gasteiger partial charge in [-0.05, 0) is 66.8 Å². The van der Waals surface area contributed by atoms with Gasteiger partial charge in [0, 0.05) is 10.9 Å². The molecule has 0 saturated heterocycles. The molecule has 1 aliphatic carbocycles. The van der Waals surface area contributed by atoms with Gasteiger partial charge < -0.3 is 10.1 Å². The predicted molar refractivity (Wildman–Crippen MR) is 137 cm³/mol. The second kappa shape index (κ2) is 8.96. The molecule has 8 nitrogen and oxygen atoms in total. The summed E-state index contributed by atoms with van der Waals surface area (Å²) in [5.74, 6) is 0.946. The van der Waals surface area contributed by atoms with Crippen molar-refractivity contribution in [3.8, 4) is 17.1 Å². The standard InChI is InChI=1S/C28H25N5O3/c1-36-20-15-13-19(14-16-20)26-30-27-22-10-4-5-12-24(22)32(28(35)33(27)31-26)17-25(34)29-23-11-6-8-18-7-2-3-9-21(18)23/h2-5,7,9-10,12-16,23H,6,8,11,17H2,1H3,(H,29,34). The van der Waals surface area contributed by atoms with Gasteiger partial charge in [-0.3, -0.25) is 9.36 Å². The number of ether oxygens (including phenoxy) is 1. The zero-order valence-electron chi connectivity index (χ0n) is 19.8. The van der Waals surface area contributed by atoms with Gasteiger partial charge in [0.2, 0.25) is 5.91 Å². The topological polar surface area (TPSA) is 90.5 Å². The van der Waals surface area contributed by atoms with Crippen LogP contribution < -0.4 is 15.7 Å². The van der Waals surface area contributed by atoms with Crippen LogP contribution in [0.3, 0.4) is 0 Å². The molecule has 8 heteroatoms. The Labute approximate surface area is 207 Å². The van der Waals surface area contributed by atoms with E-state index in [0.29, 0.717) is 17.0 Å². The number of carbonyl (C=O) groups is 1. The first-order valence-electron chi connectivity index (χ1n) is 12.0. The lowest BCUT2D eigenvalue weighted by atomic mass is 9.88. The van der Waals surface area contributed by atoms with Crippen molar-refractivity contribution >= 4 is 22.5 Å². The van der Waals surface area contributed by atoms with E-state index < -0.39 is 5.69 Å². The van der Waals surface area contributed by atoms with Crippen LogP contribution in [0.5, 0.6) is 5.75 Å². The van der Waals surface area contributed by atoms with Crippen molar-refractivity contribution in [1.82, 2.24) is 24.5 Å². The van der Waals surface area contributed by atoms with E-state index in [-0.39, 0.29) is 18.5 Å². The van der Waals surface area contributed by atoms with Gasteiger partial charge in [0.15, 0.2) is 11.5 Å². The summed E-state index contributed by atoms with van der Waals surface area (Å²) >= 11 is 0. The summed E-state index contributed by atoms with van der Waals surface area (Å²) in [4.78, 5) is 31.4. The molecule has 2 heterocycles. The number of fused-ring (bicyclic) bond motifs is 4. The van der Waals surface area contributed by atoms with E-state index in [2.05, 4.69) is 27.5 Å². The van der Waals surface area contributed by atoms with Crippen LogP contribution in [0.2, 0.25) is 0 Å². The lowest BCUT2D eigenvalue weighted by Crippen LogP contribution is -2.37. The average Bonchev–Trinajstić information content (AvgIpc) is 3.37. The van der Waals surface area contributed by atoms with Crippen LogP contribution in [0.15, 0.2) is 77.6 Å². The highest BCUT2D eigenvalue weighted by molar-refractivity contribution is 5.92. The number of nitrogens with zero attached hydrogens (tertiary/aromatic N) is 4. The van der Waals surface area contributed by atoms with Gasteiger partial charge in [0.25, 0.3) is 0 Å². The van der Waals surface area contributed by atoms with E-state index >= 15 is 0 Å². The number of hydrogen-bond acceptors (Lipinski definition) is 5. The van der Waals surface area contributed by atoms with Crippen LogP contribution in [0, 0.1) is 0 Å². The number of aromatic nitrogens is 4. The summed E-state index contributed by atoms with van der Waals surface area (Å²) in [6.45, 7) is -0.105. The molecule has 36 heavy (non-hydrogen) atoms. The van der Waals surface area contributed by atoms with Crippen LogP contribution in [0.25, 0.3) is 27.9 Å². The lowest BCUT2D eigenvalue weighted by Gasteiger charge is -2.26. The van der Waals surface area contributed by atoms with Gasteiger partial charge in [0.05, 0.1) is 18.7 Å². The molecule has 6 rings (SSSR count). The van der Waals surface area contributed by atoms with Gasteiger partial charge in [-0.1, -0.05) is 36.4 Å². The number of para-hydroxylation sites is 1. The van der Waals surface area contributed by atoms with E-state index in [9.17, 15) is 9.59 Å². The van der Waals surface area contributed by atoms with Crippen molar-refractivity contribution in [3.63, 3.8) is 0 Å². The highest BCUT2D eigenvalue weighted by Gasteiger charge is 2.23. The van der Waals surface area contributed by atoms with Crippen molar-refractivity contribution in [2.24, 2.45) is 0 Å². The summed E-state index contributed by atoms with van der Waals surface area (Å²) in [5, 5.41) is 8.40. The molecule has 2 aromatic heterocycles. The number of methoxy groups -OCH3 is 1. The quantitative estimate of drug-likeness (QED) is 0.413. The summed E-state index contributed by atoms with van der Waals surface area (Å²) < 4.78 is 7.98. The van der Waals surface area contributed by atoms with Crippen LogP contribution in [0.4, 0.5) is 0 Å². The molecule has 1 aliphatic rings. The Morgan fingerprint density at radius 2 is 1.83 bits per heavy atom. The highest BCUT2D eigenvalue weighted by atomic mass is 16.5. The number of nitrogens with one attached hydrogen (secondary N) is 1. The lowest BCUT2D eigenvalue weighted by molar-refractivity contribution is -0.122. The smallest absolute Gasteiger partial charge is 0.351 e. The molecule has 0 saturated carbocycles. The molecule has 180 valence electrons. The van der Waals surface area contributed by atoms with Crippen molar-refractivity contribution in [1.29, 1.82) is 0 Å². The molecule has 5 aromatic rings. The third-order valence-electron chi connectivity index (χ3n) is 6.81. The van der Waals surface area contributed by atoms with E-state index in [0.717, 1.165) is 41.5 Å². The van der Waals surface area contributed by atoms with E-state index in [1.165, 1.54) is 14.6 Å². The van der Waals surface area contributed by atoms with Gasteiger partial charge in [-0.15, -0.1) is 5.10 Å². The first kappa shape index (κ1) is 22.0. The average molecular weight is 480 g/mol. The molecule has 0 fully saturated rings. The fraction of sp³-hybridized carbons (Fsp3) is 0.214. The molecule has 1 atom stereocenters. The Balaban J connectivity index is 1.38. The summed E-state index contributed by atoms with van der Waals surface area (Å²) in [6.07, 6.45) is 2.92. The Morgan fingerprint density at radius 1 is 1.06 bits per heavy atom. The second-order valence-corrected chi connectivity index (χ2v) is 9.00. The van der Waals surface area contributed by atoms with Crippen molar-refractivity contribution < 1.29 is 9.53 Å².